The van der Waals surface area contributed by atoms with Gasteiger partial charge in [-0.2, -0.15) is 0 Å². The third-order valence-electron chi connectivity index (χ3n) is 27.2. The summed E-state index contributed by atoms with van der Waals surface area (Å²) in [5.74, 6) is 6.34. The van der Waals surface area contributed by atoms with Crippen molar-refractivity contribution >= 4 is 227 Å². The SMILES string of the molecule is Nc1nc(N2CCC3(CC[C@@H]3N)CC2)cnc1Sc1ccnc(Cl)c1Cl.Nc1nc(N2CCC3(CC[C@@H]3N)CC2)cnc1Sc1ccnc(N)c1Cl.Nc1nc(N2CC[C@@]3(CC[C@@H]3N)C2)cnc1Sc1cccc(Cl)c1Cl.Nc1nc(N2CC[C@@]3(CC[C@H]3N)C2)cnc1Sc1cccc(Cl)c1Cl.Nc1nc(N2CC[C@]3(CC[C@H]3N)C2)cnc1Sc1cccc(Cl)c1Cl. The number of halogens is 9. The topological polar surface area (TPSA) is 457 Å². The summed E-state index contributed by atoms with van der Waals surface area (Å²) in [6.45, 7) is 9.46. The van der Waals surface area contributed by atoms with Crippen LogP contribution in [0.4, 0.5) is 64.0 Å². The molecule has 12 heterocycles. The summed E-state index contributed by atoms with van der Waals surface area (Å²) in [5, 5.41) is 7.17. The smallest absolute Gasteiger partial charge is 0.158 e. The average Bonchev–Trinajstić information content (AvgIpc) is 1.61. The Bertz CT molecular complexity index is 5220. The number of piperidine rings is 2. The lowest BCUT2D eigenvalue weighted by atomic mass is 9.60. The second kappa shape index (κ2) is 39.6. The Hall–Kier alpha value is -6.68. The molecule has 10 fully saturated rings. The molecule has 22 N–H and O–H groups in total. The predicted octanol–water partition coefficient (Wildman–Crippen LogP) is 17.7. The molecule has 5 aliphatic heterocycles. The molecule has 127 heavy (non-hydrogen) atoms. The van der Waals surface area contributed by atoms with Gasteiger partial charge in [0, 0.05) is 149 Å². The van der Waals surface area contributed by atoms with Gasteiger partial charge >= 0.3 is 0 Å². The number of benzene rings is 3. The van der Waals surface area contributed by atoms with Crippen molar-refractivity contribution in [2.45, 2.75) is 189 Å². The average molecular weight is 1990 g/mol. The van der Waals surface area contributed by atoms with Crippen molar-refractivity contribution in [3.8, 4) is 0 Å². The van der Waals surface area contributed by atoms with Crippen LogP contribution in [0.15, 0.2) is 160 Å². The fourth-order valence-corrected chi connectivity index (χ4v) is 24.4. The Balaban J connectivity index is 0.000000117. The molecule has 672 valence electrons. The zero-order valence-corrected chi connectivity index (χ0v) is 80.2. The van der Waals surface area contributed by atoms with Gasteiger partial charge in [0.2, 0.25) is 0 Å². The lowest BCUT2D eigenvalue weighted by Crippen LogP contribution is -2.56. The second-order valence-electron chi connectivity index (χ2n) is 34.2. The summed E-state index contributed by atoms with van der Waals surface area (Å²) < 4.78 is 0. The molecule has 10 aliphatic rings. The summed E-state index contributed by atoms with van der Waals surface area (Å²) in [6.07, 6.45) is 31.7. The van der Waals surface area contributed by atoms with Gasteiger partial charge in [-0.1, -0.05) is 181 Å². The molecule has 3 aromatic carbocycles. The first-order chi connectivity index (χ1) is 60.9. The van der Waals surface area contributed by atoms with E-state index in [-0.39, 0.29) is 27.2 Å². The van der Waals surface area contributed by atoms with E-state index in [0.717, 1.165) is 196 Å². The molecule has 0 radical (unpaired) electrons. The van der Waals surface area contributed by atoms with Crippen LogP contribution in [0.2, 0.25) is 45.3 Å². The Morgan fingerprint density at radius 2 is 0.512 bits per heavy atom. The molecule has 0 amide bonds. The fraction of sp³-hybridized carbons (Fsp3) is 0.435. The fourth-order valence-electron chi connectivity index (χ4n) is 18.3. The number of nitrogen functional groups attached to an aromatic ring is 6. The number of aromatic nitrogens is 12. The summed E-state index contributed by atoms with van der Waals surface area (Å²) >= 11 is 62.0. The largest absolute Gasteiger partial charge is 0.382 e. The molecule has 0 unspecified atom stereocenters. The first-order valence-corrected chi connectivity index (χ1v) is 49.5. The maximum Gasteiger partial charge on any atom is 0.158 e. The van der Waals surface area contributed by atoms with Crippen LogP contribution in [-0.2, 0) is 0 Å². The highest BCUT2D eigenvalue weighted by Gasteiger charge is 2.53. The minimum absolute atomic E-state index is 0.260. The van der Waals surface area contributed by atoms with Crippen molar-refractivity contribution in [3.63, 3.8) is 0 Å². The highest BCUT2D eigenvalue weighted by atomic mass is 35.5. The summed E-state index contributed by atoms with van der Waals surface area (Å²) in [4.78, 5) is 68.3. The van der Waals surface area contributed by atoms with Crippen molar-refractivity contribution in [1.29, 1.82) is 0 Å². The quantitative estimate of drug-likeness (QED) is 0.0425. The number of nitrogens with zero attached hydrogens (tertiary/aromatic N) is 17. The van der Waals surface area contributed by atoms with Gasteiger partial charge in [-0.3, -0.25) is 0 Å². The second-order valence-corrected chi connectivity index (χ2v) is 42.8. The maximum absolute atomic E-state index is 6.24. The maximum atomic E-state index is 6.24. The number of nitrogens with two attached hydrogens (primary N) is 11. The first kappa shape index (κ1) is 93.5. The molecule has 5 spiro atoms. The highest BCUT2D eigenvalue weighted by Crippen LogP contribution is 2.54. The Morgan fingerprint density at radius 1 is 0.268 bits per heavy atom. The zero-order valence-electron chi connectivity index (χ0n) is 69.3. The van der Waals surface area contributed by atoms with Crippen molar-refractivity contribution in [2.24, 2.45) is 55.7 Å². The Labute approximate surface area is 804 Å². The van der Waals surface area contributed by atoms with Crippen molar-refractivity contribution < 1.29 is 0 Å². The molecule has 42 heteroatoms. The van der Waals surface area contributed by atoms with E-state index >= 15 is 0 Å². The molecular formula is C85H99Cl9N28S5. The van der Waals surface area contributed by atoms with Crippen molar-refractivity contribution in [3.05, 3.63) is 155 Å². The van der Waals surface area contributed by atoms with Gasteiger partial charge in [0.25, 0.3) is 0 Å². The molecule has 5 aliphatic carbocycles. The van der Waals surface area contributed by atoms with Crippen LogP contribution < -0.4 is 87.6 Å². The standard InChI is InChI=1S/C17H20Cl2N6S.3C17H19Cl2N5S.C17H22ClN7S/c18-13-10(2-6-22-14(13)19)26-16-15(21)24-12(9-23-16)25-7-4-17(5-8-25)3-1-11(17)20;3*18-10-2-1-3-11(14(10)19)25-16-15(21)23-13(8-22-16)24-7-6-17(9-24)5-4-12(17)20;18-13-10(2-6-22-14(13)20)26-16-15(21)24-12(9-23-16)25-7-4-17(5-8-25)3-1-11(17)19/h2,6,9,11H,1,3-5,7-8,20H2,(H2,21,24);3*1-3,8,12H,4-7,9,20H2,(H2,21,23);2,6,9,11H,1,3-5,7-8,19H2,(H2,20,22)(H2,21,24)/t11-;12-,17+;2*12-,17-;11-/m01100/s1. The van der Waals surface area contributed by atoms with Gasteiger partial charge in [0.15, 0.2) is 29.1 Å². The lowest BCUT2D eigenvalue weighted by Gasteiger charge is -2.52. The van der Waals surface area contributed by atoms with Crippen LogP contribution in [-0.4, -0.2) is 155 Å². The van der Waals surface area contributed by atoms with Crippen LogP contribution in [0.3, 0.4) is 0 Å². The van der Waals surface area contributed by atoms with Crippen LogP contribution in [0.1, 0.15) is 109 Å². The number of anilines is 11. The van der Waals surface area contributed by atoms with E-state index in [9.17, 15) is 0 Å². The molecule has 28 nitrogen and oxygen atoms in total. The van der Waals surface area contributed by atoms with Crippen molar-refractivity contribution in [2.75, 3.05) is 124 Å². The minimum atomic E-state index is 0.260. The van der Waals surface area contributed by atoms with E-state index < -0.39 is 0 Å². The van der Waals surface area contributed by atoms with Crippen LogP contribution in [0.5, 0.6) is 0 Å². The van der Waals surface area contributed by atoms with Crippen LogP contribution in [0.25, 0.3) is 0 Å². The van der Waals surface area contributed by atoms with Crippen LogP contribution in [0, 0.1) is 27.1 Å². The normalized spacial score (nSPS) is 23.9. The molecule has 5 saturated carbocycles. The van der Waals surface area contributed by atoms with E-state index in [0.29, 0.717) is 135 Å². The highest BCUT2D eigenvalue weighted by molar-refractivity contribution is 8.00. The van der Waals surface area contributed by atoms with Crippen molar-refractivity contribution in [1.82, 2.24) is 59.8 Å². The molecule has 5 saturated heterocycles. The summed E-state index contributed by atoms with van der Waals surface area (Å²) in [6, 6.07) is 21.6. The van der Waals surface area contributed by atoms with E-state index in [1.807, 2.05) is 36.4 Å². The van der Waals surface area contributed by atoms with Gasteiger partial charge in [-0.25, -0.2) is 59.8 Å². The molecule has 0 bridgehead atoms. The monoisotopic (exact) mass is 1990 g/mol. The minimum Gasteiger partial charge on any atom is -0.382 e. The summed E-state index contributed by atoms with van der Waals surface area (Å²) in [7, 11) is 0. The third kappa shape index (κ3) is 20.2. The van der Waals surface area contributed by atoms with E-state index in [1.165, 1.54) is 90.9 Å². The lowest BCUT2D eigenvalue weighted by molar-refractivity contribution is 0.0610. The molecule has 8 atom stereocenters. The molecule has 20 rings (SSSR count). The summed E-state index contributed by atoms with van der Waals surface area (Å²) in [5.41, 5.74) is 69.0. The Kier molecular flexibility index (Phi) is 29.2. The van der Waals surface area contributed by atoms with E-state index in [4.69, 9.17) is 167 Å². The first-order valence-electron chi connectivity index (χ1n) is 42.0. The van der Waals surface area contributed by atoms with E-state index in [2.05, 4.69) is 84.3 Å². The van der Waals surface area contributed by atoms with Gasteiger partial charge in [0.05, 0.1) is 71.2 Å². The number of hydrogen-bond acceptors (Lipinski definition) is 33. The van der Waals surface area contributed by atoms with Gasteiger partial charge in [-0.15, -0.1) is 0 Å². The zero-order chi connectivity index (χ0) is 89.4. The molecular weight excluding hydrogens is 1890 g/mol. The van der Waals surface area contributed by atoms with Crippen LogP contribution >= 0.6 is 163 Å². The predicted molar refractivity (Wildman–Crippen MR) is 522 cm³/mol. The number of rotatable bonds is 15. The third-order valence-corrected chi connectivity index (χ3v) is 36.7. The number of hydrogen-bond donors (Lipinski definition) is 11. The van der Waals surface area contributed by atoms with Gasteiger partial charge in [-0.05, 0) is 169 Å². The van der Waals surface area contributed by atoms with E-state index in [1.54, 1.807) is 73.7 Å². The molecule has 7 aromatic heterocycles. The van der Waals surface area contributed by atoms with Gasteiger partial charge < -0.3 is 87.6 Å². The number of pyridine rings is 2. The molecule has 10 aromatic rings. The van der Waals surface area contributed by atoms with Gasteiger partial charge in [0.1, 0.15) is 65.2 Å². The Morgan fingerprint density at radius 3 is 0.764 bits per heavy atom.